The van der Waals surface area contributed by atoms with Crippen molar-refractivity contribution in [1.29, 1.82) is 0 Å². The molecule has 0 saturated heterocycles. The normalized spacial score (nSPS) is 11.9. The minimum Gasteiger partial charge on any atom is -0.227 e. The summed E-state index contributed by atoms with van der Waals surface area (Å²) in [6.07, 6.45) is 0. The molecule has 0 radical (unpaired) electrons. The molecular weight excluding hydrogens is 261 g/mol. The van der Waals surface area contributed by atoms with Gasteiger partial charge in [0.15, 0.2) is 0 Å². The first-order valence-corrected chi connectivity index (χ1v) is 5.95. The van der Waals surface area contributed by atoms with Crippen molar-refractivity contribution in [3.63, 3.8) is 0 Å². The van der Waals surface area contributed by atoms with E-state index in [9.17, 15) is 0 Å². The number of thioether (sulfide) groups is 1. The Morgan fingerprint density at radius 2 is 1.71 bits per heavy atom. The molecule has 0 aromatic carbocycles. The maximum atomic E-state index is 5.98. The molecule has 0 N–H and O–H groups in total. The summed E-state index contributed by atoms with van der Waals surface area (Å²) < 4.78 is 0.0494. The van der Waals surface area contributed by atoms with Crippen LogP contribution < -0.4 is 0 Å². The molecule has 0 fully saturated rings. The summed E-state index contributed by atoms with van der Waals surface area (Å²) in [5.74, 6) is 0. The summed E-state index contributed by atoms with van der Waals surface area (Å²) >= 11 is 19.1. The SMILES string of the molecule is CC(C)(C)Sc1nc(Cl)c(Cl)cc1Cl. The van der Waals surface area contributed by atoms with Crippen LogP contribution in [0, 0.1) is 0 Å². The first kappa shape index (κ1) is 12.4. The van der Waals surface area contributed by atoms with E-state index in [1.54, 1.807) is 17.8 Å². The summed E-state index contributed by atoms with van der Waals surface area (Å²) in [5, 5.41) is 1.94. The average Bonchev–Trinajstić information content (AvgIpc) is 1.97. The zero-order valence-electron chi connectivity index (χ0n) is 8.07. The van der Waals surface area contributed by atoms with Crippen molar-refractivity contribution >= 4 is 46.6 Å². The molecule has 1 aromatic rings. The molecule has 0 saturated carbocycles. The summed E-state index contributed by atoms with van der Waals surface area (Å²) in [6, 6.07) is 1.62. The van der Waals surface area contributed by atoms with Crippen LogP contribution in [0.1, 0.15) is 20.8 Å². The van der Waals surface area contributed by atoms with Gasteiger partial charge in [0.1, 0.15) is 10.2 Å². The minimum atomic E-state index is 0.0494. The van der Waals surface area contributed by atoms with Crippen molar-refractivity contribution in [3.05, 3.63) is 21.3 Å². The maximum absolute atomic E-state index is 5.98. The Hall–Kier alpha value is 0.370. The molecule has 1 heterocycles. The van der Waals surface area contributed by atoms with Gasteiger partial charge in [-0.1, -0.05) is 67.3 Å². The van der Waals surface area contributed by atoms with Crippen LogP contribution in [0.4, 0.5) is 0 Å². The number of halogens is 3. The third kappa shape index (κ3) is 3.50. The summed E-state index contributed by atoms with van der Waals surface area (Å²) in [5.41, 5.74) is 0. The Morgan fingerprint density at radius 3 is 2.21 bits per heavy atom. The molecule has 0 bridgehead atoms. The van der Waals surface area contributed by atoms with Gasteiger partial charge in [-0.05, 0) is 6.07 Å². The highest BCUT2D eigenvalue weighted by Gasteiger charge is 2.17. The minimum absolute atomic E-state index is 0.0494. The van der Waals surface area contributed by atoms with E-state index < -0.39 is 0 Å². The van der Waals surface area contributed by atoms with Crippen LogP contribution in [0.2, 0.25) is 15.2 Å². The molecule has 0 aliphatic rings. The molecule has 14 heavy (non-hydrogen) atoms. The molecule has 0 amide bonds. The lowest BCUT2D eigenvalue weighted by Crippen LogP contribution is -2.07. The lowest BCUT2D eigenvalue weighted by Gasteiger charge is -2.17. The topological polar surface area (TPSA) is 12.9 Å². The van der Waals surface area contributed by atoms with Crippen molar-refractivity contribution in [1.82, 2.24) is 4.98 Å². The van der Waals surface area contributed by atoms with E-state index in [2.05, 4.69) is 25.8 Å². The Bertz CT molecular complexity index is 347. The predicted molar refractivity (Wildman–Crippen MR) is 64.9 cm³/mol. The van der Waals surface area contributed by atoms with Crippen molar-refractivity contribution < 1.29 is 0 Å². The van der Waals surface area contributed by atoms with Gasteiger partial charge in [-0.2, -0.15) is 0 Å². The number of pyridine rings is 1. The lowest BCUT2D eigenvalue weighted by molar-refractivity contribution is 0.799. The van der Waals surface area contributed by atoms with E-state index in [0.29, 0.717) is 20.2 Å². The Balaban J connectivity index is 3.04. The van der Waals surface area contributed by atoms with E-state index in [1.165, 1.54) is 0 Å². The van der Waals surface area contributed by atoms with E-state index in [4.69, 9.17) is 34.8 Å². The molecule has 1 aromatic heterocycles. The van der Waals surface area contributed by atoms with Gasteiger partial charge in [0.2, 0.25) is 0 Å². The van der Waals surface area contributed by atoms with Crippen LogP contribution in [0.25, 0.3) is 0 Å². The molecule has 0 aliphatic heterocycles. The van der Waals surface area contributed by atoms with Gasteiger partial charge in [-0.15, -0.1) is 0 Å². The fourth-order valence-corrected chi connectivity index (χ4v) is 2.33. The van der Waals surface area contributed by atoms with Gasteiger partial charge < -0.3 is 0 Å². The van der Waals surface area contributed by atoms with E-state index in [0.717, 1.165) is 0 Å². The Labute approximate surface area is 103 Å². The second-order valence-electron chi connectivity index (χ2n) is 3.76. The molecule has 0 atom stereocenters. The molecule has 0 aliphatic carbocycles. The van der Waals surface area contributed by atoms with Crippen molar-refractivity contribution in [3.8, 4) is 0 Å². The van der Waals surface area contributed by atoms with E-state index >= 15 is 0 Å². The third-order valence-electron chi connectivity index (χ3n) is 1.26. The molecule has 0 unspecified atom stereocenters. The average molecular weight is 271 g/mol. The van der Waals surface area contributed by atoms with Gasteiger partial charge in [0.25, 0.3) is 0 Å². The number of nitrogens with zero attached hydrogens (tertiary/aromatic N) is 1. The molecule has 0 spiro atoms. The number of aromatic nitrogens is 1. The van der Waals surface area contributed by atoms with Crippen LogP contribution >= 0.6 is 46.6 Å². The van der Waals surface area contributed by atoms with Crippen molar-refractivity contribution in [2.24, 2.45) is 0 Å². The van der Waals surface area contributed by atoms with E-state index in [-0.39, 0.29) is 4.75 Å². The van der Waals surface area contributed by atoms with Crippen molar-refractivity contribution in [2.75, 3.05) is 0 Å². The molecule has 5 heteroatoms. The third-order valence-corrected chi connectivity index (χ3v) is 3.45. The molecule has 78 valence electrons. The first-order valence-electron chi connectivity index (χ1n) is 4.00. The fourth-order valence-electron chi connectivity index (χ4n) is 0.790. The van der Waals surface area contributed by atoms with Gasteiger partial charge in [0.05, 0.1) is 10.0 Å². The van der Waals surface area contributed by atoms with Crippen LogP contribution in [-0.4, -0.2) is 9.73 Å². The van der Waals surface area contributed by atoms with E-state index in [1.807, 2.05) is 0 Å². The number of rotatable bonds is 1. The van der Waals surface area contributed by atoms with Gasteiger partial charge in [-0.3, -0.25) is 0 Å². The van der Waals surface area contributed by atoms with Crippen molar-refractivity contribution in [2.45, 2.75) is 30.5 Å². The van der Waals surface area contributed by atoms with Gasteiger partial charge in [-0.25, -0.2) is 4.98 Å². The monoisotopic (exact) mass is 269 g/mol. The highest BCUT2D eigenvalue weighted by Crippen LogP contribution is 2.37. The van der Waals surface area contributed by atoms with Gasteiger partial charge in [0, 0.05) is 4.75 Å². The number of hydrogen-bond donors (Lipinski definition) is 0. The summed E-state index contributed by atoms with van der Waals surface area (Å²) in [7, 11) is 0. The van der Waals surface area contributed by atoms with Crippen LogP contribution in [0.3, 0.4) is 0 Å². The summed E-state index contributed by atoms with van der Waals surface area (Å²) in [6.45, 7) is 6.24. The Kier molecular flexibility index (Phi) is 3.98. The standard InChI is InChI=1S/C9H10Cl3NS/c1-9(2,3)14-8-6(11)4-5(10)7(12)13-8/h4H,1-3H3. The fraction of sp³-hybridized carbons (Fsp3) is 0.444. The van der Waals surface area contributed by atoms with Gasteiger partial charge >= 0.3 is 0 Å². The zero-order valence-corrected chi connectivity index (χ0v) is 11.2. The largest absolute Gasteiger partial charge is 0.227 e. The highest BCUT2D eigenvalue weighted by molar-refractivity contribution is 8.00. The quantitative estimate of drug-likeness (QED) is 0.530. The van der Waals surface area contributed by atoms with Crippen LogP contribution in [0.15, 0.2) is 11.1 Å². The first-order chi connectivity index (χ1) is 6.29. The second-order valence-corrected chi connectivity index (χ2v) is 6.75. The molecule has 1 nitrogen and oxygen atoms in total. The maximum Gasteiger partial charge on any atom is 0.149 e. The molecule has 1 rings (SSSR count). The smallest absolute Gasteiger partial charge is 0.149 e. The number of hydrogen-bond acceptors (Lipinski definition) is 2. The predicted octanol–water partition coefficient (Wildman–Crippen LogP) is 4.93. The second kappa shape index (κ2) is 4.48. The lowest BCUT2D eigenvalue weighted by atomic mass is 10.3. The summed E-state index contributed by atoms with van der Waals surface area (Å²) in [4.78, 5) is 4.12. The highest BCUT2D eigenvalue weighted by atomic mass is 35.5. The van der Waals surface area contributed by atoms with Crippen LogP contribution in [-0.2, 0) is 0 Å². The molecular formula is C9H10Cl3NS. The Morgan fingerprint density at radius 1 is 1.14 bits per heavy atom. The zero-order chi connectivity index (χ0) is 10.9. The van der Waals surface area contributed by atoms with Crippen LogP contribution in [0.5, 0.6) is 0 Å².